The Morgan fingerprint density at radius 3 is 2.50 bits per heavy atom. The zero-order valence-corrected chi connectivity index (χ0v) is 16.9. The molecule has 0 bridgehead atoms. The molecule has 1 heterocycles. The van der Waals surface area contributed by atoms with Crippen molar-refractivity contribution in [3.63, 3.8) is 0 Å². The van der Waals surface area contributed by atoms with Crippen LogP contribution < -0.4 is 9.46 Å². The standard InChI is InChI=1S/C19H25F2N3O3S/c1-11(2)28(25,26)24-14-7-4-12(5-8-14)18-17(21)19(23-22-18)13-6-9-15(20)16(10-13)27-3/h6,9-12,14,24H,4-5,7-8H2,1-3H3,(H,22,23). The van der Waals surface area contributed by atoms with Crippen LogP contribution in [-0.2, 0) is 10.0 Å². The number of ether oxygens (including phenoxy) is 1. The van der Waals surface area contributed by atoms with Crippen molar-refractivity contribution in [3.05, 3.63) is 35.5 Å². The summed E-state index contributed by atoms with van der Waals surface area (Å²) in [6, 6.07) is 3.96. The Morgan fingerprint density at radius 2 is 1.89 bits per heavy atom. The first-order valence-electron chi connectivity index (χ1n) is 9.31. The molecular weight excluding hydrogens is 388 g/mol. The highest BCUT2D eigenvalue weighted by Crippen LogP contribution is 2.36. The Kier molecular flexibility index (Phi) is 6.04. The molecule has 1 aromatic carbocycles. The first-order valence-corrected chi connectivity index (χ1v) is 10.9. The summed E-state index contributed by atoms with van der Waals surface area (Å²) in [5.41, 5.74) is 0.955. The zero-order valence-electron chi connectivity index (χ0n) is 16.1. The van der Waals surface area contributed by atoms with E-state index in [9.17, 15) is 17.2 Å². The largest absolute Gasteiger partial charge is 0.494 e. The molecule has 0 aliphatic heterocycles. The maximum atomic E-state index is 15.0. The van der Waals surface area contributed by atoms with Gasteiger partial charge in [-0.1, -0.05) is 0 Å². The summed E-state index contributed by atoms with van der Waals surface area (Å²) in [6.45, 7) is 3.28. The molecule has 154 valence electrons. The lowest BCUT2D eigenvalue weighted by atomic mass is 9.84. The molecular formula is C19H25F2N3O3S. The Morgan fingerprint density at radius 1 is 1.21 bits per heavy atom. The topological polar surface area (TPSA) is 84.1 Å². The van der Waals surface area contributed by atoms with Crippen LogP contribution in [-0.4, -0.2) is 37.0 Å². The molecule has 1 aromatic heterocycles. The van der Waals surface area contributed by atoms with Gasteiger partial charge in [0.2, 0.25) is 10.0 Å². The molecule has 1 aliphatic rings. The number of halogens is 2. The molecule has 1 saturated carbocycles. The van der Waals surface area contributed by atoms with Crippen LogP contribution in [0.1, 0.15) is 51.1 Å². The molecule has 6 nitrogen and oxygen atoms in total. The number of hydrogen-bond donors (Lipinski definition) is 2. The Labute approximate surface area is 163 Å². The first kappa shape index (κ1) is 20.7. The van der Waals surface area contributed by atoms with Crippen LogP contribution in [0.2, 0.25) is 0 Å². The highest BCUT2D eigenvalue weighted by Gasteiger charge is 2.30. The molecule has 0 amide bonds. The van der Waals surface area contributed by atoms with E-state index in [0.29, 0.717) is 36.9 Å². The van der Waals surface area contributed by atoms with Crippen molar-refractivity contribution in [2.45, 2.75) is 56.7 Å². The van der Waals surface area contributed by atoms with E-state index in [4.69, 9.17) is 4.74 Å². The first-order chi connectivity index (χ1) is 13.2. The van der Waals surface area contributed by atoms with Gasteiger partial charge in [-0.15, -0.1) is 0 Å². The zero-order chi connectivity index (χ0) is 20.5. The summed E-state index contributed by atoms with van der Waals surface area (Å²) in [6.07, 6.45) is 2.57. The molecule has 0 atom stereocenters. The Hall–Kier alpha value is -2.00. The van der Waals surface area contributed by atoms with E-state index >= 15 is 0 Å². The van der Waals surface area contributed by atoms with Gasteiger partial charge in [0.15, 0.2) is 17.4 Å². The van der Waals surface area contributed by atoms with Gasteiger partial charge in [0.1, 0.15) is 5.69 Å². The van der Waals surface area contributed by atoms with Gasteiger partial charge in [0.25, 0.3) is 0 Å². The maximum absolute atomic E-state index is 15.0. The van der Waals surface area contributed by atoms with Gasteiger partial charge in [-0.3, -0.25) is 5.10 Å². The number of benzene rings is 1. The van der Waals surface area contributed by atoms with Gasteiger partial charge < -0.3 is 4.74 Å². The normalized spacial score (nSPS) is 20.5. The number of aromatic amines is 1. The quantitative estimate of drug-likeness (QED) is 0.756. The van der Waals surface area contributed by atoms with Crippen molar-refractivity contribution in [1.82, 2.24) is 14.9 Å². The number of aromatic nitrogens is 2. The second-order valence-electron chi connectivity index (χ2n) is 7.41. The number of methoxy groups -OCH3 is 1. The molecule has 1 aliphatic carbocycles. The molecule has 0 unspecified atom stereocenters. The Balaban J connectivity index is 1.72. The van der Waals surface area contributed by atoms with E-state index in [1.165, 1.54) is 25.3 Å². The van der Waals surface area contributed by atoms with Gasteiger partial charge in [0.05, 0.1) is 18.1 Å². The predicted octanol–water partition coefficient (Wildman–Crippen LogP) is 3.72. The predicted molar refractivity (Wildman–Crippen MR) is 103 cm³/mol. The van der Waals surface area contributed by atoms with Gasteiger partial charge in [-0.05, 0) is 57.7 Å². The van der Waals surface area contributed by atoms with Crippen LogP contribution in [0.5, 0.6) is 5.75 Å². The maximum Gasteiger partial charge on any atom is 0.214 e. The SMILES string of the molecule is COc1cc(-c2n[nH]c(C3CCC(NS(=O)(=O)C(C)C)CC3)c2F)ccc1F. The van der Waals surface area contributed by atoms with Gasteiger partial charge in [0, 0.05) is 17.5 Å². The minimum atomic E-state index is -3.32. The summed E-state index contributed by atoms with van der Waals surface area (Å²) in [5.74, 6) is -1.02. The summed E-state index contributed by atoms with van der Waals surface area (Å²) in [7, 11) is -1.97. The average molecular weight is 413 g/mol. The van der Waals surface area contributed by atoms with E-state index in [1.807, 2.05) is 0 Å². The molecule has 1 fully saturated rings. The molecule has 3 rings (SSSR count). The Bertz CT molecular complexity index is 936. The smallest absolute Gasteiger partial charge is 0.214 e. The lowest BCUT2D eigenvalue weighted by Gasteiger charge is -2.28. The highest BCUT2D eigenvalue weighted by atomic mass is 32.2. The second kappa shape index (κ2) is 8.16. The van der Waals surface area contributed by atoms with Gasteiger partial charge >= 0.3 is 0 Å². The number of nitrogens with zero attached hydrogens (tertiary/aromatic N) is 1. The highest BCUT2D eigenvalue weighted by molar-refractivity contribution is 7.90. The molecule has 0 spiro atoms. The van der Waals surface area contributed by atoms with E-state index < -0.39 is 26.9 Å². The van der Waals surface area contributed by atoms with Crippen molar-refractivity contribution in [1.29, 1.82) is 0 Å². The third-order valence-electron chi connectivity index (χ3n) is 5.24. The van der Waals surface area contributed by atoms with E-state index in [2.05, 4.69) is 14.9 Å². The average Bonchev–Trinajstić information content (AvgIpc) is 3.04. The number of hydrogen-bond acceptors (Lipinski definition) is 4. The minimum absolute atomic E-state index is 0.0272. The fraction of sp³-hybridized carbons (Fsp3) is 0.526. The van der Waals surface area contributed by atoms with Gasteiger partial charge in [-0.25, -0.2) is 21.9 Å². The van der Waals surface area contributed by atoms with Crippen molar-refractivity contribution in [2.24, 2.45) is 0 Å². The van der Waals surface area contributed by atoms with E-state index in [1.54, 1.807) is 13.8 Å². The van der Waals surface area contributed by atoms with Crippen LogP contribution in [0.4, 0.5) is 8.78 Å². The fourth-order valence-electron chi connectivity index (χ4n) is 3.48. The van der Waals surface area contributed by atoms with Crippen LogP contribution in [0, 0.1) is 11.6 Å². The molecule has 0 radical (unpaired) electrons. The van der Waals surface area contributed by atoms with Crippen molar-refractivity contribution < 1.29 is 21.9 Å². The molecule has 2 N–H and O–H groups in total. The van der Waals surface area contributed by atoms with E-state index in [-0.39, 0.29) is 23.4 Å². The third kappa shape index (κ3) is 4.20. The third-order valence-corrected chi connectivity index (χ3v) is 7.15. The number of rotatable bonds is 6. The molecule has 2 aromatic rings. The lowest BCUT2D eigenvalue weighted by molar-refractivity contribution is 0.362. The van der Waals surface area contributed by atoms with Crippen LogP contribution in [0.3, 0.4) is 0 Å². The monoisotopic (exact) mass is 413 g/mol. The number of nitrogens with one attached hydrogen (secondary N) is 2. The van der Waals surface area contributed by atoms with Crippen LogP contribution >= 0.6 is 0 Å². The summed E-state index contributed by atoms with van der Waals surface area (Å²) in [5, 5.41) is 6.37. The van der Waals surface area contributed by atoms with Crippen LogP contribution in [0.15, 0.2) is 18.2 Å². The molecule has 28 heavy (non-hydrogen) atoms. The molecule has 9 heteroatoms. The summed E-state index contributed by atoms with van der Waals surface area (Å²) in [4.78, 5) is 0. The van der Waals surface area contributed by atoms with Gasteiger partial charge in [-0.2, -0.15) is 5.10 Å². The minimum Gasteiger partial charge on any atom is -0.494 e. The molecule has 0 saturated heterocycles. The van der Waals surface area contributed by atoms with E-state index in [0.717, 1.165) is 0 Å². The number of sulfonamides is 1. The van der Waals surface area contributed by atoms with Crippen LogP contribution in [0.25, 0.3) is 11.3 Å². The van der Waals surface area contributed by atoms with Crippen molar-refractivity contribution in [3.8, 4) is 17.0 Å². The van der Waals surface area contributed by atoms with Crippen molar-refractivity contribution in [2.75, 3.05) is 7.11 Å². The second-order valence-corrected chi connectivity index (χ2v) is 9.68. The fourth-order valence-corrected chi connectivity index (χ4v) is 4.45. The summed E-state index contributed by atoms with van der Waals surface area (Å²) < 4.78 is 60.3. The lowest BCUT2D eigenvalue weighted by Crippen LogP contribution is -2.40. The van der Waals surface area contributed by atoms with Crippen molar-refractivity contribution >= 4 is 10.0 Å². The number of H-pyrrole nitrogens is 1. The summed E-state index contributed by atoms with van der Waals surface area (Å²) >= 11 is 0.